The van der Waals surface area contributed by atoms with Gasteiger partial charge in [-0.25, -0.2) is 0 Å². The van der Waals surface area contributed by atoms with E-state index in [0.29, 0.717) is 0 Å². The molecule has 0 aliphatic heterocycles. The second kappa shape index (κ2) is 9.62. The number of anilines is 5. The molecule has 0 radical (unpaired) electrons. The van der Waals surface area contributed by atoms with Gasteiger partial charge in [0.2, 0.25) is 0 Å². The van der Waals surface area contributed by atoms with Crippen molar-refractivity contribution >= 4 is 28.4 Å². The van der Waals surface area contributed by atoms with Gasteiger partial charge in [-0.2, -0.15) is 0 Å². The molecular formula is C33H38N2. The minimum atomic E-state index is 0.126. The number of hydrogen-bond donors (Lipinski definition) is 0. The summed E-state index contributed by atoms with van der Waals surface area (Å²) in [6, 6.07) is 37.2. The van der Waals surface area contributed by atoms with Crippen LogP contribution >= 0.6 is 0 Å². The van der Waals surface area contributed by atoms with Crippen molar-refractivity contribution in [3.63, 3.8) is 0 Å². The Kier molecular flexibility index (Phi) is 6.76. The Morgan fingerprint density at radius 3 is 1.09 bits per heavy atom. The quantitative estimate of drug-likeness (QED) is 0.291. The lowest BCUT2D eigenvalue weighted by atomic mass is 9.86. The molecule has 2 nitrogen and oxygen atoms in total. The Labute approximate surface area is 211 Å². The molecule has 2 heteroatoms. The lowest BCUT2D eigenvalue weighted by Crippen LogP contribution is -2.14. The highest BCUT2D eigenvalue weighted by Gasteiger charge is 2.18. The lowest BCUT2D eigenvalue weighted by Gasteiger charge is -2.28. The van der Waals surface area contributed by atoms with E-state index in [-0.39, 0.29) is 10.8 Å². The van der Waals surface area contributed by atoms with Crippen molar-refractivity contribution in [2.24, 2.45) is 0 Å². The molecule has 0 bridgehead atoms. The van der Waals surface area contributed by atoms with Gasteiger partial charge in [-0.1, -0.05) is 84.0 Å². The van der Waals surface area contributed by atoms with E-state index in [1.54, 1.807) is 0 Å². The van der Waals surface area contributed by atoms with Gasteiger partial charge in [0.1, 0.15) is 0 Å². The molecule has 0 amide bonds. The Morgan fingerprint density at radius 2 is 0.714 bits per heavy atom. The van der Waals surface area contributed by atoms with Crippen molar-refractivity contribution in [1.82, 2.24) is 0 Å². The highest BCUT2D eigenvalue weighted by molar-refractivity contribution is 5.78. The number of para-hydroxylation sites is 1. The van der Waals surface area contributed by atoms with Gasteiger partial charge in [0, 0.05) is 35.5 Å². The van der Waals surface area contributed by atoms with Crippen LogP contribution in [0.3, 0.4) is 0 Å². The molecule has 0 heterocycles. The fourth-order valence-corrected chi connectivity index (χ4v) is 4.29. The molecule has 0 unspecified atom stereocenters. The average molecular weight is 463 g/mol. The number of benzene rings is 4. The topological polar surface area (TPSA) is 6.48 Å². The molecule has 0 saturated heterocycles. The Bertz CT molecular complexity index is 1170. The van der Waals surface area contributed by atoms with Crippen LogP contribution in [-0.4, -0.2) is 7.05 Å². The highest BCUT2D eigenvalue weighted by Crippen LogP contribution is 2.38. The third-order valence-electron chi connectivity index (χ3n) is 6.62. The van der Waals surface area contributed by atoms with Crippen LogP contribution in [0.5, 0.6) is 0 Å². The number of rotatable bonds is 5. The van der Waals surface area contributed by atoms with Crippen molar-refractivity contribution in [2.45, 2.75) is 52.4 Å². The summed E-state index contributed by atoms with van der Waals surface area (Å²) < 4.78 is 0. The summed E-state index contributed by atoms with van der Waals surface area (Å²) in [7, 11) is 2.11. The Balaban J connectivity index is 1.73. The first-order valence-electron chi connectivity index (χ1n) is 12.4. The van der Waals surface area contributed by atoms with Gasteiger partial charge in [0.15, 0.2) is 0 Å². The van der Waals surface area contributed by atoms with E-state index in [9.17, 15) is 0 Å². The van der Waals surface area contributed by atoms with Gasteiger partial charge in [-0.05, 0) is 82.6 Å². The van der Waals surface area contributed by atoms with Crippen molar-refractivity contribution in [1.29, 1.82) is 0 Å². The first-order valence-corrected chi connectivity index (χ1v) is 12.4. The van der Waals surface area contributed by atoms with Crippen LogP contribution in [0, 0.1) is 0 Å². The van der Waals surface area contributed by atoms with E-state index >= 15 is 0 Å². The van der Waals surface area contributed by atoms with Gasteiger partial charge in [0.25, 0.3) is 0 Å². The third-order valence-corrected chi connectivity index (χ3v) is 6.62. The molecule has 0 N–H and O–H groups in total. The van der Waals surface area contributed by atoms with Crippen molar-refractivity contribution in [3.05, 3.63) is 114 Å². The maximum Gasteiger partial charge on any atom is 0.0463 e. The second-order valence-corrected chi connectivity index (χ2v) is 11.3. The molecule has 0 atom stereocenters. The number of nitrogens with zero attached hydrogens (tertiary/aromatic N) is 2. The van der Waals surface area contributed by atoms with E-state index in [1.807, 2.05) is 6.07 Å². The molecule has 180 valence electrons. The van der Waals surface area contributed by atoms with E-state index in [1.165, 1.54) is 16.8 Å². The fraction of sp³-hybridized carbons (Fsp3) is 0.273. The monoisotopic (exact) mass is 462 g/mol. The second-order valence-electron chi connectivity index (χ2n) is 11.3. The van der Waals surface area contributed by atoms with Gasteiger partial charge in [-0.3, -0.25) is 0 Å². The van der Waals surface area contributed by atoms with Crippen molar-refractivity contribution < 1.29 is 0 Å². The van der Waals surface area contributed by atoms with Crippen LogP contribution in [0.25, 0.3) is 0 Å². The Hall–Kier alpha value is -3.52. The zero-order valence-electron chi connectivity index (χ0n) is 22.2. The first kappa shape index (κ1) is 24.6. The van der Waals surface area contributed by atoms with Crippen LogP contribution in [0.4, 0.5) is 28.4 Å². The number of hydrogen-bond acceptors (Lipinski definition) is 2. The lowest BCUT2D eigenvalue weighted by molar-refractivity contribution is 0.590. The minimum Gasteiger partial charge on any atom is -0.345 e. The predicted molar refractivity (Wildman–Crippen MR) is 153 cm³/mol. The molecule has 4 aromatic rings. The van der Waals surface area contributed by atoms with E-state index < -0.39 is 0 Å². The molecule has 0 aliphatic rings. The summed E-state index contributed by atoms with van der Waals surface area (Å²) in [4.78, 5) is 4.55. The zero-order chi connectivity index (χ0) is 25.2. The van der Waals surface area contributed by atoms with Crippen LogP contribution in [0.15, 0.2) is 103 Å². The molecule has 0 saturated carbocycles. The maximum absolute atomic E-state index is 2.34. The summed E-state index contributed by atoms with van der Waals surface area (Å²) in [5.41, 5.74) is 8.72. The minimum absolute atomic E-state index is 0.126. The smallest absolute Gasteiger partial charge is 0.0463 e. The molecule has 4 aromatic carbocycles. The predicted octanol–water partition coefficient (Wildman–Crippen LogP) is 9.52. The maximum atomic E-state index is 2.34. The SMILES string of the molecule is CN(c1ccccc1)c1ccc(N(c2ccc(C(C)(C)C)cc2)c2ccc(C(C)(C)C)cc2)cc1. The molecule has 0 fully saturated rings. The van der Waals surface area contributed by atoms with Crippen LogP contribution < -0.4 is 9.80 Å². The van der Waals surface area contributed by atoms with Gasteiger partial charge >= 0.3 is 0 Å². The van der Waals surface area contributed by atoms with E-state index in [4.69, 9.17) is 0 Å². The van der Waals surface area contributed by atoms with Gasteiger partial charge < -0.3 is 9.80 Å². The summed E-state index contributed by atoms with van der Waals surface area (Å²) in [6.45, 7) is 13.5. The molecule has 4 rings (SSSR count). The van der Waals surface area contributed by atoms with Gasteiger partial charge in [0.05, 0.1) is 0 Å². The summed E-state index contributed by atoms with van der Waals surface area (Å²) in [5.74, 6) is 0. The summed E-state index contributed by atoms with van der Waals surface area (Å²) in [5, 5.41) is 0. The first-order chi connectivity index (χ1) is 16.5. The third kappa shape index (κ3) is 5.59. The van der Waals surface area contributed by atoms with Crippen molar-refractivity contribution in [2.75, 3.05) is 16.8 Å². The molecular weight excluding hydrogens is 424 g/mol. The molecule has 0 aromatic heterocycles. The molecule has 35 heavy (non-hydrogen) atoms. The zero-order valence-corrected chi connectivity index (χ0v) is 22.2. The van der Waals surface area contributed by atoms with Crippen LogP contribution in [0.2, 0.25) is 0 Å². The largest absolute Gasteiger partial charge is 0.345 e. The summed E-state index contributed by atoms with van der Waals surface area (Å²) >= 11 is 0. The van der Waals surface area contributed by atoms with Crippen LogP contribution in [-0.2, 0) is 10.8 Å². The van der Waals surface area contributed by atoms with Gasteiger partial charge in [-0.15, -0.1) is 0 Å². The standard InChI is InChI=1S/C33H38N2/c1-32(2,3)25-13-17-29(18-14-25)35(30-19-15-26(16-20-30)33(4,5)6)31-23-21-28(22-24-31)34(7)27-11-9-8-10-12-27/h8-24H,1-7H3. The van der Waals surface area contributed by atoms with E-state index in [2.05, 4.69) is 155 Å². The molecule has 0 aliphatic carbocycles. The average Bonchev–Trinajstić information content (AvgIpc) is 2.84. The van der Waals surface area contributed by atoms with Crippen molar-refractivity contribution in [3.8, 4) is 0 Å². The van der Waals surface area contributed by atoms with Crippen LogP contribution in [0.1, 0.15) is 52.7 Å². The highest BCUT2D eigenvalue weighted by atomic mass is 15.1. The molecule has 0 spiro atoms. The normalized spacial score (nSPS) is 11.9. The Morgan fingerprint density at radius 1 is 0.400 bits per heavy atom. The fourth-order valence-electron chi connectivity index (χ4n) is 4.29. The summed E-state index contributed by atoms with van der Waals surface area (Å²) in [6.07, 6.45) is 0. The van der Waals surface area contributed by atoms with E-state index in [0.717, 1.165) is 22.7 Å².